The van der Waals surface area contributed by atoms with E-state index in [0.29, 0.717) is 10.8 Å². The number of hydrogen-bond donors (Lipinski definition) is 0. The van der Waals surface area contributed by atoms with Crippen molar-refractivity contribution in [3.8, 4) is 16.9 Å². The van der Waals surface area contributed by atoms with E-state index in [-0.39, 0.29) is 0 Å². The molecule has 3 rings (SSSR count). The maximum absolute atomic E-state index is 6.10. The van der Waals surface area contributed by atoms with Crippen LogP contribution in [0.2, 0.25) is 5.15 Å². The van der Waals surface area contributed by atoms with Crippen molar-refractivity contribution < 1.29 is 4.74 Å². The van der Waals surface area contributed by atoms with Gasteiger partial charge in [-0.3, -0.25) is 9.98 Å². The van der Waals surface area contributed by atoms with Crippen LogP contribution in [0.1, 0.15) is 18.1 Å². The highest BCUT2D eigenvalue weighted by molar-refractivity contribution is 6.30. The van der Waals surface area contributed by atoms with Gasteiger partial charge in [-0.2, -0.15) is 0 Å². The maximum Gasteiger partial charge on any atom is 0.129 e. The summed E-state index contributed by atoms with van der Waals surface area (Å²) in [5.74, 6) is 0.833. The summed E-state index contributed by atoms with van der Waals surface area (Å²) < 4.78 is 5.52. The average molecular weight is 366 g/mol. The molecule has 0 bridgehead atoms. The fraction of sp³-hybridized carbons (Fsp3) is 0.190. The van der Waals surface area contributed by atoms with Crippen molar-refractivity contribution in [1.29, 1.82) is 0 Å². The fourth-order valence-corrected chi connectivity index (χ4v) is 3.47. The van der Waals surface area contributed by atoms with E-state index in [9.17, 15) is 0 Å². The van der Waals surface area contributed by atoms with E-state index < -0.39 is 0 Å². The minimum Gasteiger partial charge on any atom is -0.496 e. The van der Waals surface area contributed by atoms with Crippen molar-refractivity contribution in [2.45, 2.75) is 20.8 Å². The van der Waals surface area contributed by atoms with E-state index in [2.05, 4.69) is 34.7 Å². The number of aryl methyl sites for hydroxylation is 1. The van der Waals surface area contributed by atoms with E-state index in [1.807, 2.05) is 26.0 Å². The summed E-state index contributed by atoms with van der Waals surface area (Å²) in [6.45, 7) is 9.76. The van der Waals surface area contributed by atoms with Gasteiger partial charge in [0.05, 0.1) is 18.5 Å². The van der Waals surface area contributed by atoms with Gasteiger partial charge in [0.2, 0.25) is 0 Å². The first-order valence-corrected chi connectivity index (χ1v) is 8.61. The van der Waals surface area contributed by atoms with Crippen LogP contribution in [-0.2, 0) is 0 Å². The first-order valence-electron chi connectivity index (χ1n) is 8.24. The molecule has 2 aromatic carbocycles. The number of rotatable bonds is 4. The van der Waals surface area contributed by atoms with Gasteiger partial charge in [-0.15, -0.1) is 0 Å². The van der Waals surface area contributed by atoms with Crippen LogP contribution in [-0.4, -0.2) is 25.0 Å². The largest absolute Gasteiger partial charge is 0.496 e. The number of hydrogen-bond acceptors (Lipinski definition) is 4. The normalized spacial score (nSPS) is 11.3. The van der Waals surface area contributed by atoms with Crippen LogP contribution in [0.15, 0.2) is 40.4 Å². The lowest BCUT2D eigenvalue weighted by molar-refractivity contribution is 0.412. The number of pyridine rings is 1. The molecule has 0 aliphatic carbocycles. The van der Waals surface area contributed by atoms with Crippen molar-refractivity contribution in [1.82, 2.24) is 4.98 Å². The molecule has 132 valence electrons. The number of aromatic nitrogens is 1. The topological polar surface area (TPSA) is 46.8 Å². The fourth-order valence-electron chi connectivity index (χ4n) is 3.31. The van der Waals surface area contributed by atoms with Gasteiger partial charge in [-0.25, -0.2) is 4.98 Å². The zero-order chi connectivity index (χ0) is 18.8. The Hall–Kier alpha value is -2.72. The molecule has 0 atom stereocenters. The zero-order valence-electron chi connectivity index (χ0n) is 15.3. The summed E-state index contributed by atoms with van der Waals surface area (Å²) in [7, 11) is 1.68. The van der Waals surface area contributed by atoms with Crippen molar-refractivity contribution in [2.24, 2.45) is 9.98 Å². The van der Waals surface area contributed by atoms with Crippen LogP contribution in [0, 0.1) is 13.8 Å². The molecule has 0 saturated carbocycles. The molecule has 0 unspecified atom stereocenters. The van der Waals surface area contributed by atoms with Gasteiger partial charge in [0.25, 0.3) is 0 Å². The molecule has 0 N–H and O–H groups in total. The molecule has 0 aliphatic rings. The van der Waals surface area contributed by atoms with Crippen molar-refractivity contribution in [3.05, 3.63) is 46.7 Å². The van der Waals surface area contributed by atoms with E-state index in [0.717, 1.165) is 44.5 Å². The monoisotopic (exact) mass is 365 g/mol. The Labute approximate surface area is 158 Å². The standard InChI is InChI=1S/C21H20ClN3O/c1-6-24-21-16(19-12(2)7-8-17(26-5)13(19)3)9-14-11-25-18(22)10-15(14)20(21)23-4/h6-11H,4H2,1-3,5H3. The molecular formula is C21H20ClN3O. The zero-order valence-corrected chi connectivity index (χ0v) is 16.1. The smallest absolute Gasteiger partial charge is 0.129 e. The molecule has 26 heavy (non-hydrogen) atoms. The highest BCUT2D eigenvalue weighted by Crippen LogP contribution is 2.46. The number of aliphatic imine (C=N–C) groups is 2. The lowest BCUT2D eigenvalue weighted by Gasteiger charge is -2.18. The Morgan fingerprint density at radius 3 is 2.62 bits per heavy atom. The molecule has 1 heterocycles. The predicted octanol–water partition coefficient (Wildman–Crippen LogP) is 6.23. The SMILES string of the molecule is C=Nc1c(N=CC)c(-c2c(C)ccc(OC)c2C)cc2cnc(Cl)cc12. The van der Waals surface area contributed by atoms with Gasteiger partial charge in [0.1, 0.15) is 10.9 Å². The first kappa shape index (κ1) is 18.1. The van der Waals surface area contributed by atoms with Gasteiger partial charge in [0, 0.05) is 28.7 Å². The third kappa shape index (κ3) is 2.97. The minimum atomic E-state index is 0.412. The number of ether oxygens (including phenoxy) is 1. The summed E-state index contributed by atoms with van der Waals surface area (Å²) in [4.78, 5) is 13.1. The second-order valence-corrected chi connectivity index (χ2v) is 6.37. The van der Waals surface area contributed by atoms with Gasteiger partial charge in [-0.1, -0.05) is 17.7 Å². The van der Waals surface area contributed by atoms with Crippen LogP contribution in [0.25, 0.3) is 21.9 Å². The van der Waals surface area contributed by atoms with Crippen LogP contribution in [0.4, 0.5) is 11.4 Å². The quantitative estimate of drug-likeness (QED) is 0.406. The summed E-state index contributed by atoms with van der Waals surface area (Å²) in [5.41, 5.74) is 5.68. The Morgan fingerprint density at radius 2 is 1.96 bits per heavy atom. The van der Waals surface area contributed by atoms with Crippen molar-refractivity contribution in [3.63, 3.8) is 0 Å². The highest BCUT2D eigenvalue weighted by atomic mass is 35.5. The molecule has 4 nitrogen and oxygen atoms in total. The van der Waals surface area contributed by atoms with E-state index in [4.69, 9.17) is 16.3 Å². The molecule has 0 amide bonds. The van der Waals surface area contributed by atoms with Crippen LogP contribution in [0.3, 0.4) is 0 Å². The summed E-state index contributed by atoms with van der Waals surface area (Å²) in [5, 5.41) is 2.22. The Balaban J connectivity index is 2.49. The summed E-state index contributed by atoms with van der Waals surface area (Å²) >= 11 is 6.10. The highest BCUT2D eigenvalue weighted by Gasteiger charge is 2.18. The van der Waals surface area contributed by atoms with E-state index in [1.54, 1.807) is 25.6 Å². The number of fused-ring (bicyclic) bond motifs is 1. The number of methoxy groups -OCH3 is 1. The molecule has 5 heteroatoms. The third-order valence-electron chi connectivity index (χ3n) is 4.47. The third-order valence-corrected chi connectivity index (χ3v) is 4.67. The number of halogens is 1. The van der Waals surface area contributed by atoms with Crippen molar-refractivity contribution in [2.75, 3.05) is 7.11 Å². The Kier molecular flexibility index (Phi) is 5.05. The van der Waals surface area contributed by atoms with Gasteiger partial charge < -0.3 is 4.74 Å². The van der Waals surface area contributed by atoms with Gasteiger partial charge >= 0.3 is 0 Å². The molecule has 0 fully saturated rings. The molecular weight excluding hydrogens is 346 g/mol. The molecule has 0 spiro atoms. The van der Waals surface area contributed by atoms with Gasteiger partial charge in [-0.05, 0) is 62.4 Å². The predicted molar refractivity (Wildman–Crippen MR) is 111 cm³/mol. The lowest BCUT2D eigenvalue weighted by Crippen LogP contribution is -1.95. The maximum atomic E-state index is 6.10. The average Bonchev–Trinajstić information content (AvgIpc) is 2.62. The summed E-state index contributed by atoms with van der Waals surface area (Å²) in [6.07, 6.45) is 3.51. The Bertz CT molecular complexity index is 1040. The van der Waals surface area contributed by atoms with E-state index >= 15 is 0 Å². The van der Waals surface area contributed by atoms with Crippen LogP contribution in [0.5, 0.6) is 5.75 Å². The molecule has 0 radical (unpaired) electrons. The molecule has 0 aliphatic heterocycles. The Morgan fingerprint density at radius 1 is 1.19 bits per heavy atom. The van der Waals surface area contributed by atoms with E-state index in [1.165, 1.54) is 0 Å². The minimum absolute atomic E-state index is 0.412. The summed E-state index contributed by atoms with van der Waals surface area (Å²) in [6, 6.07) is 7.90. The second-order valence-electron chi connectivity index (χ2n) is 5.98. The number of nitrogens with zero attached hydrogens (tertiary/aromatic N) is 3. The number of benzene rings is 2. The first-order chi connectivity index (χ1) is 12.5. The molecule has 1 aromatic heterocycles. The van der Waals surface area contributed by atoms with Crippen LogP contribution < -0.4 is 4.74 Å². The second kappa shape index (κ2) is 7.26. The molecule has 3 aromatic rings. The van der Waals surface area contributed by atoms with Crippen molar-refractivity contribution >= 4 is 46.7 Å². The van der Waals surface area contributed by atoms with Gasteiger partial charge in [0.15, 0.2) is 0 Å². The van der Waals surface area contributed by atoms with Crippen LogP contribution >= 0.6 is 11.6 Å². The molecule has 0 saturated heterocycles. The lowest BCUT2D eigenvalue weighted by atomic mass is 9.91.